The fraction of sp³-hybridized carbons (Fsp3) is 1.00. The van der Waals surface area contributed by atoms with Crippen molar-refractivity contribution < 1.29 is 9.47 Å². The first-order chi connectivity index (χ1) is 6.69. The topological polar surface area (TPSA) is 18.5 Å². The van der Waals surface area contributed by atoms with Crippen molar-refractivity contribution in [2.75, 3.05) is 14.2 Å². The average molecular weight is 204 g/mol. The minimum Gasteiger partial charge on any atom is -0.381 e. The van der Waals surface area contributed by atoms with Crippen molar-refractivity contribution in [2.45, 2.75) is 65.6 Å². The zero-order valence-corrected chi connectivity index (χ0v) is 10.8. The van der Waals surface area contributed by atoms with Crippen molar-refractivity contribution >= 4 is 0 Å². The molecule has 0 radical (unpaired) electrons. The van der Waals surface area contributed by atoms with E-state index in [0.717, 1.165) is 25.7 Å². The van der Waals surface area contributed by atoms with Crippen molar-refractivity contribution in [1.29, 1.82) is 0 Å². The molecule has 0 aliphatic heterocycles. The van der Waals surface area contributed by atoms with Gasteiger partial charge >= 0.3 is 0 Å². The predicted octanol–water partition coefficient (Wildman–Crippen LogP) is 3.64. The van der Waals surface area contributed by atoms with Crippen LogP contribution in [0.25, 0.3) is 0 Å². The molecule has 0 amide bonds. The van der Waals surface area contributed by atoms with Crippen LogP contribution in [0.1, 0.15) is 53.4 Å². The van der Waals surface area contributed by atoms with E-state index in [1.165, 1.54) is 0 Å². The van der Waals surface area contributed by atoms with E-state index in [9.17, 15) is 0 Å². The van der Waals surface area contributed by atoms with Crippen molar-refractivity contribution in [1.82, 2.24) is 0 Å². The van der Waals surface area contributed by atoms with Gasteiger partial charge in [-0.05, 0) is 25.7 Å². The smallest absolute Gasteiger partial charge is 0.0566 e. The molecule has 0 N–H and O–H groups in total. The van der Waals surface area contributed by atoms with Crippen LogP contribution in [0, 0.1) is 0 Å². The molecule has 0 saturated heterocycles. The molecule has 0 heterocycles. The molecule has 0 spiro atoms. The highest BCUT2D eigenvalue weighted by Gasteiger charge is 1.96. The maximum absolute atomic E-state index is 5.05. The molecule has 0 aromatic carbocycles. The Bertz CT molecular complexity index is 63.3. The Balaban J connectivity index is 0. The maximum atomic E-state index is 5.05. The second kappa shape index (κ2) is 12.9. The highest BCUT2D eigenvalue weighted by Crippen LogP contribution is 1.99. The van der Waals surface area contributed by atoms with Crippen LogP contribution in [0.3, 0.4) is 0 Å². The van der Waals surface area contributed by atoms with Gasteiger partial charge in [0.1, 0.15) is 0 Å². The van der Waals surface area contributed by atoms with E-state index < -0.39 is 0 Å². The first-order valence-corrected chi connectivity index (χ1v) is 5.75. The van der Waals surface area contributed by atoms with Crippen LogP contribution in [0.15, 0.2) is 0 Å². The van der Waals surface area contributed by atoms with Gasteiger partial charge in [0.15, 0.2) is 0 Å². The van der Waals surface area contributed by atoms with Crippen LogP contribution < -0.4 is 0 Å². The lowest BCUT2D eigenvalue weighted by Gasteiger charge is -2.07. The van der Waals surface area contributed by atoms with E-state index in [2.05, 4.69) is 27.7 Å². The summed E-state index contributed by atoms with van der Waals surface area (Å²) < 4.78 is 10.1. The predicted molar refractivity (Wildman–Crippen MR) is 62.8 cm³/mol. The number of rotatable bonds is 6. The molecule has 0 rings (SSSR count). The summed E-state index contributed by atoms with van der Waals surface area (Å²) in [5.74, 6) is 0. The van der Waals surface area contributed by atoms with Gasteiger partial charge in [-0.1, -0.05) is 27.7 Å². The molecule has 2 nitrogen and oxygen atoms in total. The van der Waals surface area contributed by atoms with Crippen LogP contribution in [-0.2, 0) is 9.47 Å². The van der Waals surface area contributed by atoms with Crippen LogP contribution in [-0.4, -0.2) is 26.4 Å². The summed E-state index contributed by atoms with van der Waals surface area (Å²) in [5, 5.41) is 0. The molecule has 0 aromatic rings. The quantitative estimate of drug-likeness (QED) is 0.657. The molecular weight excluding hydrogens is 176 g/mol. The molecule has 0 unspecified atom stereocenters. The fourth-order valence-corrected chi connectivity index (χ4v) is 1.24. The SMILES string of the molecule is CCC(CC)OC.CCC(CC)OC. The Hall–Kier alpha value is -0.0800. The molecule has 14 heavy (non-hydrogen) atoms. The lowest BCUT2D eigenvalue weighted by Crippen LogP contribution is -2.05. The summed E-state index contributed by atoms with van der Waals surface area (Å²) in [5.41, 5.74) is 0. The molecule has 88 valence electrons. The van der Waals surface area contributed by atoms with Gasteiger partial charge < -0.3 is 9.47 Å². The Morgan fingerprint density at radius 2 is 0.857 bits per heavy atom. The Kier molecular flexibility index (Phi) is 15.1. The molecule has 0 bridgehead atoms. The van der Waals surface area contributed by atoms with Crippen LogP contribution in [0.2, 0.25) is 0 Å². The molecule has 0 aliphatic carbocycles. The average Bonchev–Trinajstić information content (AvgIpc) is 2.24. The summed E-state index contributed by atoms with van der Waals surface area (Å²) in [6.07, 6.45) is 5.50. The van der Waals surface area contributed by atoms with Crippen molar-refractivity contribution in [3.05, 3.63) is 0 Å². The summed E-state index contributed by atoms with van der Waals surface area (Å²) in [6, 6.07) is 0. The zero-order valence-electron chi connectivity index (χ0n) is 10.8. The monoisotopic (exact) mass is 204 g/mol. The lowest BCUT2D eigenvalue weighted by atomic mass is 10.2. The third-order valence-corrected chi connectivity index (χ3v) is 2.49. The summed E-state index contributed by atoms with van der Waals surface area (Å²) in [7, 11) is 3.52. The first kappa shape index (κ1) is 16.4. The van der Waals surface area contributed by atoms with Crippen LogP contribution in [0.5, 0.6) is 0 Å². The Morgan fingerprint density at radius 1 is 0.643 bits per heavy atom. The Labute approximate surface area is 90.0 Å². The highest BCUT2D eigenvalue weighted by molar-refractivity contribution is 4.47. The van der Waals surface area contributed by atoms with Crippen molar-refractivity contribution in [3.63, 3.8) is 0 Å². The van der Waals surface area contributed by atoms with E-state index in [1.54, 1.807) is 14.2 Å². The molecule has 0 atom stereocenters. The van der Waals surface area contributed by atoms with Gasteiger partial charge in [-0.3, -0.25) is 0 Å². The lowest BCUT2D eigenvalue weighted by molar-refractivity contribution is 0.0963. The van der Waals surface area contributed by atoms with Gasteiger partial charge in [-0.25, -0.2) is 0 Å². The molecule has 0 saturated carbocycles. The number of hydrogen-bond donors (Lipinski definition) is 0. The van der Waals surface area contributed by atoms with E-state index in [4.69, 9.17) is 9.47 Å². The molecule has 0 aliphatic rings. The van der Waals surface area contributed by atoms with Gasteiger partial charge in [-0.15, -0.1) is 0 Å². The molecule has 0 aromatic heterocycles. The normalized spacial score (nSPS) is 10.3. The largest absolute Gasteiger partial charge is 0.381 e. The van der Waals surface area contributed by atoms with Gasteiger partial charge in [-0.2, -0.15) is 0 Å². The first-order valence-electron chi connectivity index (χ1n) is 5.75. The van der Waals surface area contributed by atoms with Crippen LogP contribution >= 0.6 is 0 Å². The van der Waals surface area contributed by atoms with E-state index in [-0.39, 0.29) is 0 Å². The van der Waals surface area contributed by atoms with Gasteiger partial charge in [0, 0.05) is 14.2 Å². The van der Waals surface area contributed by atoms with E-state index in [1.807, 2.05) is 0 Å². The second-order valence-corrected chi connectivity index (χ2v) is 3.35. The maximum Gasteiger partial charge on any atom is 0.0566 e. The number of hydrogen-bond acceptors (Lipinski definition) is 2. The summed E-state index contributed by atoms with van der Waals surface area (Å²) >= 11 is 0. The van der Waals surface area contributed by atoms with Crippen molar-refractivity contribution in [2.24, 2.45) is 0 Å². The highest BCUT2D eigenvalue weighted by atomic mass is 16.5. The summed E-state index contributed by atoms with van der Waals surface area (Å²) in [6.45, 7) is 8.55. The molecule has 2 heteroatoms. The third kappa shape index (κ3) is 10.0. The van der Waals surface area contributed by atoms with Gasteiger partial charge in [0.25, 0.3) is 0 Å². The Morgan fingerprint density at radius 3 is 0.857 bits per heavy atom. The molecule has 0 fully saturated rings. The minimum atomic E-state index is 0.486. The van der Waals surface area contributed by atoms with Crippen LogP contribution in [0.4, 0.5) is 0 Å². The summed E-state index contributed by atoms with van der Waals surface area (Å²) in [4.78, 5) is 0. The standard InChI is InChI=1S/2C6H14O/c2*1-4-6(5-2)7-3/h2*6H,4-5H2,1-3H3. The zero-order chi connectivity index (χ0) is 11.4. The second-order valence-electron chi connectivity index (χ2n) is 3.35. The van der Waals surface area contributed by atoms with Crippen molar-refractivity contribution in [3.8, 4) is 0 Å². The number of ether oxygens (including phenoxy) is 2. The fourth-order valence-electron chi connectivity index (χ4n) is 1.24. The van der Waals surface area contributed by atoms with E-state index >= 15 is 0 Å². The van der Waals surface area contributed by atoms with Gasteiger partial charge in [0.2, 0.25) is 0 Å². The molecular formula is C12H28O2. The number of methoxy groups -OCH3 is 2. The van der Waals surface area contributed by atoms with E-state index in [0.29, 0.717) is 12.2 Å². The van der Waals surface area contributed by atoms with Gasteiger partial charge in [0.05, 0.1) is 12.2 Å². The third-order valence-electron chi connectivity index (χ3n) is 2.49. The minimum absolute atomic E-state index is 0.486.